The highest BCUT2D eigenvalue weighted by molar-refractivity contribution is 7.03. The lowest BCUT2D eigenvalue weighted by Crippen LogP contribution is -2.49. The van der Waals surface area contributed by atoms with Crippen LogP contribution in [0.1, 0.15) is 6.85 Å². The number of nitrogens with one attached hydrogen (secondary N) is 1. The second kappa shape index (κ2) is 4.85. The molecule has 0 amide bonds. The maximum atomic E-state index is 8.09. The molecule has 3 aromatic rings. The molecule has 0 aromatic heterocycles. The van der Waals surface area contributed by atoms with Crippen molar-refractivity contribution in [2.24, 2.45) is 0 Å². The average molecular weight is 306 g/mol. The molecule has 22 heavy (non-hydrogen) atoms. The topological polar surface area (TPSA) is 12.0 Å². The smallest absolute Gasteiger partial charge is 0.113 e. The van der Waals surface area contributed by atoms with E-state index in [4.69, 9.17) is 6.85 Å². The summed E-state index contributed by atoms with van der Waals surface area (Å²) >= 11 is 0. The van der Waals surface area contributed by atoms with Gasteiger partial charge >= 0.3 is 0 Å². The number of hydrogen-bond donors (Lipinski definition) is 1. The van der Waals surface area contributed by atoms with Gasteiger partial charge in [-0.1, -0.05) is 61.6 Å². The van der Waals surface area contributed by atoms with Gasteiger partial charge < -0.3 is 5.32 Å². The van der Waals surface area contributed by atoms with E-state index in [2.05, 4.69) is 54.8 Å². The molecule has 108 valence electrons. The van der Waals surface area contributed by atoms with E-state index >= 15 is 0 Å². The van der Waals surface area contributed by atoms with Crippen LogP contribution in [0, 0.1) is 0 Å². The third-order valence-electron chi connectivity index (χ3n) is 4.35. The van der Waals surface area contributed by atoms with Crippen molar-refractivity contribution in [1.29, 1.82) is 0 Å². The third kappa shape index (κ3) is 1.99. The van der Waals surface area contributed by atoms with E-state index in [1.807, 2.05) is 6.07 Å². The quantitative estimate of drug-likeness (QED) is 0.699. The van der Waals surface area contributed by atoms with Crippen LogP contribution in [0.2, 0.25) is 13.1 Å². The minimum Gasteiger partial charge on any atom is -0.356 e. The summed E-state index contributed by atoms with van der Waals surface area (Å²) in [4.78, 5) is 0. The van der Waals surface area contributed by atoms with Crippen molar-refractivity contribution in [3.63, 3.8) is 0 Å². The van der Waals surface area contributed by atoms with Crippen LogP contribution < -0.4 is 15.7 Å². The van der Waals surface area contributed by atoms with Crippen LogP contribution in [0.15, 0.2) is 72.7 Å². The summed E-state index contributed by atoms with van der Waals surface area (Å²) in [5, 5.41) is 5.76. The molecule has 1 nitrogen and oxygen atoms in total. The van der Waals surface area contributed by atoms with Gasteiger partial charge in [-0.05, 0) is 45.7 Å². The molecule has 3 aromatic carbocycles. The first-order valence-electron chi connectivity index (χ1n) is 9.82. The van der Waals surface area contributed by atoms with Gasteiger partial charge in [-0.15, -0.1) is 0 Å². The Morgan fingerprint density at radius 3 is 2.36 bits per heavy atom. The van der Waals surface area contributed by atoms with E-state index in [0.717, 1.165) is 5.69 Å². The number of fused-ring (bicyclic) bond motifs is 3. The Kier molecular flexibility index (Phi) is 1.98. The summed E-state index contributed by atoms with van der Waals surface area (Å²) in [6, 6.07) is 13.0. The first kappa shape index (κ1) is 8.96. The van der Waals surface area contributed by atoms with Crippen LogP contribution in [0.4, 0.5) is 11.4 Å². The molecule has 0 fully saturated rings. The molecule has 0 atom stereocenters. The highest BCUT2D eigenvalue weighted by Crippen LogP contribution is 2.30. The Morgan fingerprint density at radius 2 is 1.55 bits per heavy atom. The minimum absolute atomic E-state index is 0.107. The molecule has 0 radical (unpaired) electrons. The van der Waals surface area contributed by atoms with Crippen LogP contribution in [0.5, 0.6) is 0 Å². The van der Waals surface area contributed by atoms with Gasteiger partial charge in [-0.3, -0.25) is 0 Å². The van der Waals surface area contributed by atoms with Gasteiger partial charge in [0.2, 0.25) is 0 Å². The second-order valence-corrected chi connectivity index (χ2v) is 10.4. The van der Waals surface area contributed by atoms with Crippen molar-refractivity contribution in [2.45, 2.75) is 13.1 Å². The van der Waals surface area contributed by atoms with Crippen molar-refractivity contribution in [3.8, 4) is 11.1 Å². The van der Waals surface area contributed by atoms with Crippen molar-refractivity contribution < 1.29 is 6.85 Å². The molecule has 1 N–H and O–H groups in total. The lowest BCUT2D eigenvalue weighted by molar-refractivity contribution is 1.56. The number of rotatable bonds is 2. The predicted octanol–water partition coefficient (Wildman–Crippen LogP) is 4.23. The molecule has 1 heterocycles. The van der Waals surface area contributed by atoms with Crippen LogP contribution in [0.25, 0.3) is 11.1 Å². The van der Waals surface area contributed by atoms with E-state index in [1.165, 1.54) is 21.5 Å². The Morgan fingerprint density at radius 1 is 0.818 bits per heavy atom. The van der Waals surface area contributed by atoms with Crippen molar-refractivity contribution in [1.82, 2.24) is 0 Å². The van der Waals surface area contributed by atoms with Gasteiger partial charge in [0.15, 0.2) is 0 Å². The maximum absolute atomic E-state index is 8.09. The van der Waals surface area contributed by atoms with Crippen molar-refractivity contribution >= 4 is 29.8 Å². The second-order valence-electron chi connectivity index (χ2n) is 6.06. The van der Waals surface area contributed by atoms with Crippen LogP contribution in [-0.4, -0.2) is 8.07 Å². The molecule has 0 spiro atoms. The molecule has 2 heteroatoms. The van der Waals surface area contributed by atoms with E-state index in [9.17, 15) is 0 Å². The summed E-state index contributed by atoms with van der Waals surface area (Å²) in [5.41, 5.74) is 3.35. The highest BCUT2D eigenvalue weighted by atomic mass is 28.3. The summed E-state index contributed by atoms with van der Waals surface area (Å²) in [6.45, 7) is 4.62. The molecule has 0 saturated heterocycles. The molecule has 1 aliphatic heterocycles. The lowest BCUT2D eigenvalue weighted by atomic mass is 10.1. The molecule has 4 rings (SSSR count). The normalized spacial score (nSPS) is 17.5. The Bertz CT molecular complexity index is 1060. The zero-order chi connectivity index (χ0) is 19.5. The first-order valence-corrected chi connectivity index (χ1v) is 10.3. The number of anilines is 2. The predicted molar refractivity (Wildman–Crippen MR) is 98.4 cm³/mol. The van der Waals surface area contributed by atoms with Crippen LogP contribution >= 0.6 is 0 Å². The monoisotopic (exact) mass is 306 g/mol. The zero-order valence-electron chi connectivity index (χ0n) is 17.5. The van der Waals surface area contributed by atoms with E-state index in [0.29, 0.717) is 0 Å². The number of para-hydroxylation sites is 1. The molecule has 0 unspecified atom stereocenters. The average Bonchev–Trinajstić information content (AvgIpc) is 2.90. The minimum atomic E-state index is -1.83. The Balaban J connectivity index is 1.81. The summed E-state index contributed by atoms with van der Waals surface area (Å²) in [7, 11) is -1.83. The fourth-order valence-electron chi connectivity index (χ4n) is 3.24. The first-order chi connectivity index (χ1) is 12.7. The van der Waals surface area contributed by atoms with Crippen molar-refractivity contribution in [2.75, 3.05) is 5.32 Å². The van der Waals surface area contributed by atoms with Crippen LogP contribution in [0.3, 0.4) is 0 Å². The van der Waals surface area contributed by atoms with Gasteiger partial charge in [-0.25, -0.2) is 0 Å². The van der Waals surface area contributed by atoms with Gasteiger partial charge in [0.25, 0.3) is 0 Å². The van der Waals surface area contributed by atoms with Crippen molar-refractivity contribution in [3.05, 3.63) is 72.7 Å². The number of benzene rings is 3. The summed E-state index contributed by atoms with van der Waals surface area (Å²) in [5.74, 6) is 0. The SMILES string of the molecule is [2H]c1c([2H])c([2H])c(Nc2ccc3c(c2)[Si](C)(C)c2ccccc2-3)c([2H])c1[2H]. The van der Waals surface area contributed by atoms with Gasteiger partial charge in [0.05, 0.1) is 6.85 Å². The Hall–Kier alpha value is -2.32. The van der Waals surface area contributed by atoms with Crippen LogP contribution in [-0.2, 0) is 0 Å². The third-order valence-corrected chi connectivity index (χ3v) is 7.90. The van der Waals surface area contributed by atoms with E-state index < -0.39 is 8.07 Å². The van der Waals surface area contributed by atoms with Gasteiger partial charge in [0, 0.05) is 11.4 Å². The summed E-state index contributed by atoms with van der Waals surface area (Å²) in [6.07, 6.45) is 0. The summed E-state index contributed by atoms with van der Waals surface area (Å²) < 4.78 is 39.6. The molecule has 0 aliphatic carbocycles. The van der Waals surface area contributed by atoms with E-state index in [1.54, 1.807) is 0 Å². The van der Waals surface area contributed by atoms with Gasteiger partial charge in [0.1, 0.15) is 8.07 Å². The maximum Gasteiger partial charge on any atom is 0.113 e. The lowest BCUT2D eigenvalue weighted by Gasteiger charge is -2.19. The molecule has 0 bridgehead atoms. The Labute approximate surface area is 139 Å². The standard InChI is InChI=1S/C20H19NSi/c1-22(2)19-11-7-6-10-17(19)18-13-12-16(14-20(18)22)21-15-8-4-3-5-9-15/h3-14,21H,1-2H3/i3D,4D,5D,8D,9D. The largest absolute Gasteiger partial charge is 0.356 e. The molecule has 0 saturated carbocycles. The molecular weight excluding hydrogens is 282 g/mol. The van der Waals surface area contributed by atoms with Gasteiger partial charge in [-0.2, -0.15) is 0 Å². The highest BCUT2D eigenvalue weighted by Gasteiger charge is 2.37. The molecular formula is C20H19NSi. The fourth-order valence-corrected chi connectivity index (χ4v) is 6.34. The number of hydrogen-bond acceptors (Lipinski definition) is 1. The van der Waals surface area contributed by atoms with E-state index in [-0.39, 0.29) is 35.9 Å². The zero-order valence-corrected chi connectivity index (χ0v) is 13.5. The fraction of sp³-hybridized carbons (Fsp3) is 0.100. The molecule has 1 aliphatic rings.